The van der Waals surface area contributed by atoms with Crippen molar-refractivity contribution in [3.8, 4) is 22.0 Å². The number of nitrogens with one attached hydrogen (secondary N) is 1. The van der Waals surface area contributed by atoms with Crippen molar-refractivity contribution in [3.63, 3.8) is 0 Å². The summed E-state index contributed by atoms with van der Waals surface area (Å²) in [4.78, 5) is 18.8. The van der Waals surface area contributed by atoms with Gasteiger partial charge in [0.2, 0.25) is 5.91 Å². The van der Waals surface area contributed by atoms with E-state index >= 15 is 0 Å². The van der Waals surface area contributed by atoms with E-state index in [0.29, 0.717) is 0 Å². The molecule has 3 aromatic heterocycles. The lowest BCUT2D eigenvalue weighted by atomic mass is 10.2. The van der Waals surface area contributed by atoms with Gasteiger partial charge in [-0.3, -0.25) is 9.36 Å². The van der Waals surface area contributed by atoms with Crippen LogP contribution in [-0.2, 0) is 11.2 Å². The highest BCUT2D eigenvalue weighted by atomic mass is 32.2. The maximum atomic E-state index is 12.7. The lowest BCUT2D eigenvalue weighted by Crippen LogP contribution is -2.15. The third kappa shape index (κ3) is 5.79. The number of anilines is 1. The molecule has 0 atom stereocenters. The van der Waals surface area contributed by atoms with Gasteiger partial charge in [0.05, 0.1) is 16.0 Å². The molecule has 0 saturated heterocycles. The molecule has 1 amide bonds. The fraction of sp³-hybridized carbons (Fsp3) is 0.286. The summed E-state index contributed by atoms with van der Waals surface area (Å²) in [6.07, 6.45) is 2.20. The van der Waals surface area contributed by atoms with Gasteiger partial charge in [-0.1, -0.05) is 31.2 Å². The number of carbonyl (C=O) groups is 1. The maximum absolute atomic E-state index is 12.7. The minimum absolute atomic E-state index is 0.0752. The second kappa shape index (κ2) is 11.2. The van der Waals surface area contributed by atoms with Crippen LogP contribution in [0.1, 0.15) is 43.7 Å². The van der Waals surface area contributed by atoms with Crippen molar-refractivity contribution in [2.75, 3.05) is 11.1 Å². The number of fused-ring (bicyclic) bond motifs is 1. The lowest BCUT2D eigenvalue weighted by Gasteiger charge is -2.13. The number of hydrogen-bond acceptors (Lipinski definition) is 7. The predicted octanol–water partition coefficient (Wildman–Crippen LogP) is 7.86. The second-order valence-electron chi connectivity index (χ2n) is 9.23. The molecule has 6 nitrogen and oxygen atoms in total. The number of benzene rings is 2. The van der Waals surface area contributed by atoms with Gasteiger partial charge in [-0.25, -0.2) is 4.98 Å². The van der Waals surface area contributed by atoms with Gasteiger partial charge in [0.15, 0.2) is 11.0 Å². The molecule has 0 fully saturated rings. The summed E-state index contributed by atoms with van der Waals surface area (Å²) in [5.41, 5.74) is 5.14. The number of thiazole rings is 1. The Morgan fingerprint density at radius 1 is 1.08 bits per heavy atom. The summed E-state index contributed by atoms with van der Waals surface area (Å²) in [6.45, 7) is 8.51. The smallest absolute Gasteiger partial charge is 0.234 e. The molecule has 0 aliphatic rings. The Balaban J connectivity index is 1.23. The molecule has 0 unspecified atom stereocenters. The topological polar surface area (TPSA) is 72.7 Å². The highest BCUT2D eigenvalue weighted by molar-refractivity contribution is 7.99. The first-order valence-electron chi connectivity index (χ1n) is 12.3. The molecule has 5 rings (SSSR count). The van der Waals surface area contributed by atoms with E-state index in [-0.39, 0.29) is 17.7 Å². The molecule has 2 aromatic carbocycles. The van der Waals surface area contributed by atoms with Crippen LogP contribution in [0.2, 0.25) is 0 Å². The van der Waals surface area contributed by atoms with Crippen molar-refractivity contribution >= 4 is 56.2 Å². The highest BCUT2D eigenvalue weighted by Gasteiger charge is 2.19. The third-order valence-electron chi connectivity index (χ3n) is 5.88. The summed E-state index contributed by atoms with van der Waals surface area (Å²) < 4.78 is 3.30. The SMILES string of the molecule is CCCc1cc(-c2nnc(SCC(=O)Nc3ccc(-c4nc5ccc(C)cc5s4)cc3)n2C(C)C)cs1. The van der Waals surface area contributed by atoms with Crippen LogP contribution >= 0.6 is 34.4 Å². The van der Waals surface area contributed by atoms with Crippen molar-refractivity contribution in [1.82, 2.24) is 19.7 Å². The number of thiophene rings is 1. The van der Waals surface area contributed by atoms with Gasteiger partial charge >= 0.3 is 0 Å². The van der Waals surface area contributed by atoms with Crippen LogP contribution in [-0.4, -0.2) is 31.4 Å². The predicted molar refractivity (Wildman–Crippen MR) is 157 cm³/mol. The first kappa shape index (κ1) is 25.6. The van der Waals surface area contributed by atoms with Gasteiger partial charge in [-0.05, 0) is 75.2 Å². The molecule has 37 heavy (non-hydrogen) atoms. The Kier molecular flexibility index (Phi) is 7.73. The molecule has 0 aliphatic carbocycles. The van der Waals surface area contributed by atoms with E-state index in [4.69, 9.17) is 4.98 Å². The highest BCUT2D eigenvalue weighted by Crippen LogP contribution is 2.32. The zero-order valence-electron chi connectivity index (χ0n) is 21.3. The number of aromatic nitrogens is 4. The molecule has 190 valence electrons. The Morgan fingerprint density at radius 2 is 1.89 bits per heavy atom. The average Bonchev–Trinajstić information content (AvgIpc) is 3.61. The number of thioether (sulfide) groups is 1. The monoisotopic (exact) mass is 547 g/mol. The van der Waals surface area contributed by atoms with E-state index in [0.717, 1.165) is 51.2 Å². The number of rotatable bonds is 9. The lowest BCUT2D eigenvalue weighted by molar-refractivity contribution is -0.113. The van der Waals surface area contributed by atoms with Crippen LogP contribution < -0.4 is 5.32 Å². The second-order valence-corrected chi connectivity index (χ2v) is 12.2. The van der Waals surface area contributed by atoms with Crippen molar-refractivity contribution in [2.45, 2.75) is 51.7 Å². The molecule has 3 heterocycles. The molecule has 9 heteroatoms. The largest absolute Gasteiger partial charge is 0.325 e. The summed E-state index contributed by atoms with van der Waals surface area (Å²) >= 11 is 4.86. The molecule has 0 spiro atoms. The summed E-state index contributed by atoms with van der Waals surface area (Å²) in [5, 5.41) is 15.8. The van der Waals surface area contributed by atoms with Crippen LogP contribution in [0.5, 0.6) is 0 Å². The van der Waals surface area contributed by atoms with Crippen molar-refractivity contribution in [1.29, 1.82) is 0 Å². The number of amides is 1. The number of aryl methyl sites for hydroxylation is 2. The summed E-state index contributed by atoms with van der Waals surface area (Å²) in [7, 11) is 0. The van der Waals surface area contributed by atoms with Gasteiger partial charge in [-0.2, -0.15) is 0 Å². The standard InChI is InChI=1S/C28H29N5OS3/c1-5-6-22-14-20(15-35-22)26-31-32-28(33(26)17(2)3)36-16-25(34)29-21-10-8-19(9-11-21)27-30-23-12-7-18(4)13-24(23)37-27/h7-15,17H,5-6,16H2,1-4H3,(H,29,34). The van der Waals surface area contributed by atoms with E-state index in [1.165, 1.54) is 26.9 Å². The van der Waals surface area contributed by atoms with Gasteiger partial charge in [0, 0.05) is 33.1 Å². The van der Waals surface area contributed by atoms with Crippen LogP contribution in [0.25, 0.3) is 32.2 Å². The molecular weight excluding hydrogens is 519 g/mol. The maximum Gasteiger partial charge on any atom is 0.234 e. The van der Waals surface area contributed by atoms with E-state index in [9.17, 15) is 4.79 Å². The zero-order valence-corrected chi connectivity index (χ0v) is 23.8. The van der Waals surface area contributed by atoms with E-state index < -0.39 is 0 Å². The van der Waals surface area contributed by atoms with Gasteiger partial charge in [0.25, 0.3) is 0 Å². The Morgan fingerprint density at radius 3 is 2.65 bits per heavy atom. The Hall–Kier alpha value is -3.01. The number of hydrogen-bond donors (Lipinski definition) is 1. The van der Waals surface area contributed by atoms with Crippen molar-refractivity contribution < 1.29 is 4.79 Å². The van der Waals surface area contributed by atoms with Gasteiger partial charge < -0.3 is 5.32 Å². The number of carbonyl (C=O) groups excluding carboxylic acids is 1. The Labute approximate surface area is 229 Å². The zero-order chi connectivity index (χ0) is 25.9. The van der Waals surface area contributed by atoms with Crippen LogP contribution in [0, 0.1) is 6.92 Å². The third-order valence-corrected chi connectivity index (χ3v) is 8.89. The summed E-state index contributed by atoms with van der Waals surface area (Å²) in [5.74, 6) is 1.04. The van der Waals surface area contributed by atoms with Gasteiger partial charge in [0.1, 0.15) is 5.01 Å². The van der Waals surface area contributed by atoms with Crippen LogP contribution in [0.3, 0.4) is 0 Å². The molecule has 5 aromatic rings. The van der Waals surface area contributed by atoms with E-state index in [2.05, 4.69) is 77.4 Å². The molecule has 0 saturated carbocycles. The first-order valence-corrected chi connectivity index (χ1v) is 15.0. The van der Waals surface area contributed by atoms with E-state index in [1.54, 1.807) is 22.7 Å². The molecule has 1 N–H and O–H groups in total. The first-order chi connectivity index (χ1) is 17.9. The molecule has 0 aliphatic heterocycles. The van der Waals surface area contributed by atoms with E-state index in [1.807, 2.05) is 24.3 Å². The molecule has 0 bridgehead atoms. The fourth-order valence-electron chi connectivity index (χ4n) is 4.09. The minimum Gasteiger partial charge on any atom is -0.325 e. The molecular formula is C28H29N5OS3. The summed E-state index contributed by atoms with van der Waals surface area (Å²) in [6, 6.07) is 16.5. The van der Waals surface area contributed by atoms with Crippen LogP contribution in [0.4, 0.5) is 5.69 Å². The fourth-order valence-corrected chi connectivity index (χ4v) is 7.00. The molecule has 0 radical (unpaired) electrons. The van der Waals surface area contributed by atoms with Crippen LogP contribution in [0.15, 0.2) is 59.1 Å². The normalized spacial score (nSPS) is 11.5. The Bertz CT molecular complexity index is 1530. The van der Waals surface area contributed by atoms with Crippen molar-refractivity contribution in [2.24, 2.45) is 0 Å². The quantitative estimate of drug-likeness (QED) is 0.190. The average molecular weight is 548 g/mol. The number of nitrogens with zero attached hydrogens (tertiary/aromatic N) is 4. The minimum atomic E-state index is -0.0752. The van der Waals surface area contributed by atoms with Crippen molar-refractivity contribution in [3.05, 3.63) is 64.4 Å². The van der Waals surface area contributed by atoms with Gasteiger partial charge in [-0.15, -0.1) is 32.9 Å².